The number of amides is 1. The highest BCUT2D eigenvalue weighted by molar-refractivity contribution is 5.77. The summed E-state index contributed by atoms with van der Waals surface area (Å²) in [5.41, 5.74) is 1.13. The van der Waals surface area contributed by atoms with E-state index in [9.17, 15) is 4.79 Å². The predicted molar refractivity (Wildman–Crippen MR) is 83.5 cm³/mol. The van der Waals surface area contributed by atoms with Gasteiger partial charge in [0.05, 0.1) is 13.2 Å². The molecule has 0 bridgehead atoms. The maximum absolute atomic E-state index is 11.6. The van der Waals surface area contributed by atoms with Crippen LogP contribution < -0.4 is 10.1 Å². The van der Waals surface area contributed by atoms with Gasteiger partial charge in [0.15, 0.2) is 0 Å². The molecule has 1 atom stereocenters. The molecular weight excluding hydrogens is 268 g/mol. The molecule has 1 amide bonds. The molecule has 21 heavy (non-hydrogen) atoms. The maximum Gasteiger partial charge on any atom is 0.246 e. The molecule has 5 nitrogen and oxygen atoms in total. The quantitative estimate of drug-likeness (QED) is 0.755. The second-order valence-electron chi connectivity index (χ2n) is 4.75. The van der Waals surface area contributed by atoms with E-state index in [0.717, 1.165) is 24.4 Å². The average Bonchev–Trinajstić information content (AvgIpc) is 2.51. The van der Waals surface area contributed by atoms with Gasteiger partial charge in [-0.1, -0.05) is 26.0 Å². The Bertz CT molecular complexity index is 433. The van der Waals surface area contributed by atoms with E-state index in [0.29, 0.717) is 6.54 Å². The highest BCUT2D eigenvalue weighted by Crippen LogP contribution is 2.23. The number of methoxy groups -OCH3 is 2. The summed E-state index contributed by atoms with van der Waals surface area (Å²) in [6.07, 6.45) is 0. The second-order valence-corrected chi connectivity index (χ2v) is 4.75. The minimum absolute atomic E-state index is 0.0864. The van der Waals surface area contributed by atoms with Crippen molar-refractivity contribution in [2.24, 2.45) is 0 Å². The fourth-order valence-corrected chi connectivity index (χ4v) is 2.36. The minimum atomic E-state index is -0.0995. The van der Waals surface area contributed by atoms with Gasteiger partial charge in [-0.2, -0.15) is 0 Å². The number of ether oxygens (including phenoxy) is 2. The fraction of sp³-hybridized carbons (Fsp3) is 0.562. The first-order valence-electron chi connectivity index (χ1n) is 7.29. The Morgan fingerprint density at radius 3 is 2.57 bits per heavy atom. The third-order valence-corrected chi connectivity index (χ3v) is 3.50. The van der Waals surface area contributed by atoms with Gasteiger partial charge in [-0.25, -0.2) is 0 Å². The van der Waals surface area contributed by atoms with E-state index in [1.165, 1.54) is 7.11 Å². The van der Waals surface area contributed by atoms with Crippen molar-refractivity contribution in [2.75, 3.05) is 40.5 Å². The first-order chi connectivity index (χ1) is 10.2. The van der Waals surface area contributed by atoms with Crippen molar-refractivity contribution in [2.45, 2.75) is 19.9 Å². The Hall–Kier alpha value is -1.59. The number of hydrogen-bond acceptors (Lipinski definition) is 4. The molecule has 1 rings (SSSR count). The van der Waals surface area contributed by atoms with Crippen LogP contribution in [0.2, 0.25) is 0 Å². The van der Waals surface area contributed by atoms with Crippen molar-refractivity contribution in [3.05, 3.63) is 29.8 Å². The lowest BCUT2D eigenvalue weighted by molar-refractivity contribution is -0.125. The van der Waals surface area contributed by atoms with Crippen LogP contribution in [0.5, 0.6) is 5.75 Å². The SMILES string of the molecule is CCN(CC)C(CNC(=O)COC)c1cccc(OC)c1. The van der Waals surface area contributed by atoms with Crippen molar-refractivity contribution < 1.29 is 14.3 Å². The molecule has 0 aliphatic heterocycles. The molecule has 0 radical (unpaired) electrons. The second kappa shape index (κ2) is 9.37. The first kappa shape index (κ1) is 17.5. The van der Waals surface area contributed by atoms with E-state index in [1.807, 2.05) is 18.2 Å². The summed E-state index contributed by atoms with van der Waals surface area (Å²) in [6.45, 7) is 6.71. The van der Waals surface area contributed by atoms with Gasteiger partial charge in [-0.3, -0.25) is 9.69 Å². The van der Waals surface area contributed by atoms with Crippen molar-refractivity contribution in [1.29, 1.82) is 0 Å². The molecular formula is C16H26N2O3. The zero-order valence-electron chi connectivity index (χ0n) is 13.4. The van der Waals surface area contributed by atoms with Crippen molar-refractivity contribution in [3.63, 3.8) is 0 Å². The molecule has 0 spiro atoms. The van der Waals surface area contributed by atoms with Crippen LogP contribution in [0.15, 0.2) is 24.3 Å². The summed E-state index contributed by atoms with van der Waals surface area (Å²) >= 11 is 0. The molecule has 1 unspecified atom stereocenters. The van der Waals surface area contributed by atoms with E-state index in [4.69, 9.17) is 9.47 Å². The molecule has 0 heterocycles. The van der Waals surface area contributed by atoms with Crippen LogP contribution in [0, 0.1) is 0 Å². The number of carbonyl (C=O) groups excluding carboxylic acids is 1. The standard InChI is InChI=1S/C16H26N2O3/c1-5-18(6-2)15(11-17-16(19)12-20-3)13-8-7-9-14(10-13)21-4/h7-10,15H,5-6,11-12H2,1-4H3,(H,17,19). The Balaban J connectivity index is 2.87. The van der Waals surface area contributed by atoms with Gasteiger partial charge in [0.2, 0.25) is 5.91 Å². The summed E-state index contributed by atoms with van der Waals surface area (Å²) < 4.78 is 10.1. The van der Waals surface area contributed by atoms with Crippen LogP contribution in [-0.4, -0.2) is 51.3 Å². The average molecular weight is 294 g/mol. The van der Waals surface area contributed by atoms with Crippen LogP contribution in [0.1, 0.15) is 25.5 Å². The summed E-state index contributed by atoms with van der Waals surface area (Å²) in [5.74, 6) is 0.727. The molecule has 0 aliphatic carbocycles. The lowest BCUT2D eigenvalue weighted by Crippen LogP contribution is -2.39. The molecule has 0 fully saturated rings. The van der Waals surface area contributed by atoms with Crippen LogP contribution in [0.25, 0.3) is 0 Å². The van der Waals surface area contributed by atoms with Crippen molar-refractivity contribution in [3.8, 4) is 5.75 Å². The van der Waals surface area contributed by atoms with E-state index >= 15 is 0 Å². The molecule has 118 valence electrons. The first-order valence-corrected chi connectivity index (χ1v) is 7.29. The Kier molecular flexibility index (Phi) is 7.79. The van der Waals surface area contributed by atoms with Crippen LogP contribution in [0.3, 0.4) is 0 Å². The fourth-order valence-electron chi connectivity index (χ4n) is 2.36. The minimum Gasteiger partial charge on any atom is -0.497 e. The zero-order valence-corrected chi connectivity index (χ0v) is 13.4. The summed E-state index contributed by atoms with van der Waals surface area (Å²) in [7, 11) is 3.18. The van der Waals surface area contributed by atoms with Crippen molar-refractivity contribution in [1.82, 2.24) is 10.2 Å². The molecule has 1 aromatic carbocycles. The topological polar surface area (TPSA) is 50.8 Å². The summed E-state index contributed by atoms with van der Waals surface area (Å²) in [5, 5.41) is 2.92. The molecule has 5 heteroatoms. The number of nitrogens with one attached hydrogen (secondary N) is 1. The molecule has 0 aliphatic rings. The lowest BCUT2D eigenvalue weighted by atomic mass is 10.0. The summed E-state index contributed by atoms with van der Waals surface area (Å²) in [4.78, 5) is 13.9. The maximum atomic E-state index is 11.6. The van der Waals surface area contributed by atoms with Crippen molar-refractivity contribution >= 4 is 5.91 Å². The van der Waals surface area contributed by atoms with Gasteiger partial charge in [0.1, 0.15) is 12.4 Å². The van der Waals surface area contributed by atoms with Gasteiger partial charge in [0, 0.05) is 13.7 Å². The number of rotatable bonds is 9. The number of benzene rings is 1. The van der Waals surface area contributed by atoms with Crippen LogP contribution >= 0.6 is 0 Å². The lowest BCUT2D eigenvalue weighted by Gasteiger charge is -2.30. The molecule has 0 saturated heterocycles. The van der Waals surface area contributed by atoms with Gasteiger partial charge in [-0.05, 0) is 30.8 Å². The Morgan fingerprint density at radius 1 is 1.29 bits per heavy atom. The van der Waals surface area contributed by atoms with Gasteiger partial charge < -0.3 is 14.8 Å². The van der Waals surface area contributed by atoms with Crippen LogP contribution in [-0.2, 0) is 9.53 Å². The molecule has 0 aromatic heterocycles. The molecule has 1 N–H and O–H groups in total. The predicted octanol–water partition coefficient (Wildman–Crippen LogP) is 1.84. The van der Waals surface area contributed by atoms with E-state index in [-0.39, 0.29) is 18.6 Å². The Morgan fingerprint density at radius 2 is 2.00 bits per heavy atom. The number of carbonyl (C=O) groups is 1. The normalized spacial score (nSPS) is 12.2. The van der Waals surface area contributed by atoms with Crippen LogP contribution in [0.4, 0.5) is 0 Å². The molecule has 0 saturated carbocycles. The van der Waals surface area contributed by atoms with Gasteiger partial charge in [0.25, 0.3) is 0 Å². The number of likely N-dealkylation sites (N-methyl/N-ethyl adjacent to an activating group) is 1. The third kappa shape index (κ3) is 5.36. The largest absolute Gasteiger partial charge is 0.497 e. The van der Waals surface area contributed by atoms with Gasteiger partial charge >= 0.3 is 0 Å². The zero-order chi connectivity index (χ0) is 15.7. The third-order valence-electron chi connectivity index (χ3n) is 3.50. The smallest absolute Gasteiger partial charge is 0.246 e. The highest BCUT2D eigenvalue weighted by atomic mass is 16.5. The van der Waals surface area contributed by atoms with Gasteiger partial charge in [-0.15, -0.1) is 0 Å². The highest BCUT2D eigenvalue weighted by Gasteiger charge is 2.19. The van der Waals surface area contributed by atoms with E-state index in [1.54, 1.807) is 7.11 Å². The monoisotopic (exact) mass is 294 g/mol. The summed E-state index contributed by atoms with van der Waals surface area (Å²) in [6, 6.07) is 8.10. The van der Waals surface area contributed by atoms with E-state index in [2.05, 4.69) is 30.1 Å². The van der Waals surface area contributed by atoms with E-state index < -0.39 is 0 Å². The number of nitrogens with zero attached hydrogens (tertiary/aromatic N) is 1. The number of hydrogen-bond donors (Lipinski definition) is 1. The Labute approximate surface area is 127 Å². The molecule has 1 aromatic rings.